The molecule has 0 saturated carbocycles. The molecule has 0 radical (unpaired) electrons. The van der Waals surface area contributed by atoms with Crippen molar-refractivity contribution in [3.8, 4) is 0 Å². The molecule has 0 unspecified atom stereocenters. The SMILES string of the molecule is NC(=Nc1c(Cl)cc(F)cc1Cl)c1ccccc1. The summed E-state index contributed by atoms with van der Waals surface area (Å²) in [5.74, 6) is -0.242. The summed E-state index contributed by atoms with van der Waals surface area (Å²) in [4.78, 5) is 4.13. The molecule has 0 aliphatic heterocycles. The van der Waals surface area contributed by atoms with Gasteiger partial charge < -0.3 is 5.73 Å². The number of hydrogen-bond donors (Lipinski definition) is 1. The highest BCUT2D eigenvalue weighted by atomic mass is 35.5. The zero-order valence-electron chi connectivity index (χ0n) is 9.20. The predicted octanol–water partition coefficient (Wildman–Crippen LogP) is 4.17. The van der Waals surface area contributed by atoms with Gasteiger partial charge in [-0.3, -0.25) is 0 Å². The van der Waals surface area contributed by atoms with Crippen molar-refractivity contribution in [1.29, 1.82) is 0 Å². The third-order valence-corrected chi connectivity index (χ3v) is 2.86. The van der Waals surface area contributed by atoms with Gasteiger partial charge >= 0.3 is 0 Å². The lowest BCUT2D eigenvalue weighted by Gasteiger charge is -2.04. The predicted molar refractivity (Wildman–Crippen MR) is 73.2 cm³/mol. The number of amidine groups is 1. The fraction of sp³-hybridized carbons (Fsp3) is 0. The average Bonchev–Trinajstić information content (AvgIpc) is 2.34. The van der Waals surface area contributed by atoms with Crippen LogP contribution in [0.25, 0.3) is 0 Å². The molecule has 0 aromatic heterocycles. The van der Waals surface area contributed by atoms with Crippen molar-refractivity contribution >= 4 is 34.7 Å². The summed E-state index contributed by atoms with van der Waals surface area (Å²) in [6, 6.07) is 11.5. The third kappa shape index (κ3) is 2.81. The molecular formula is C13H9Cl2FN2. The highest BCUT2D eigenvalue weighted by Gasteiger charge is 2.08. The van der Waals surface area contributed by atoms with Crippen LogP contribution in [0.1, 0.15) is 5.56 Å². The highest BCUT2D eigenvalue weighted by Crippen LogP contribution is 2.34. The molecule has 0 fully saturated rings. The molecule has 92 valence electrons. The van der Waals surface area contributed by atoms with Crippen LogP contribution in [0.15, 0.2) is 47.5 Å². The quantitative estimate of drug-likeness (QED) is 0.652. The van der Waals surface area contributed by atoms with E-state index in [4.69, 9.17) is 28.9 Å². The molecule has 2 aromatic rings. The second kappa shape index (κ2) is 5.38. The van der Waals surface area contributed by atoms with Gasteiger partial charge in [-0.1, -0.05) is 53.5 Å². The van der Waals surface area contributed by atoms with Gasteiger partial charge in [0, 0.05) is 5.56 Å². The highest BCUT2D eigenvalue weighted by molar-refractivity contribution is 6.39. The minimum absolute atomic E-state index is 0.124. The van der Waals surface area contributed by atoms with Crippen LogP contribution in [0.2, 0.25) is 10.0 Å². The minimum atomic E-state index is -0.512. The van der Waals surface area contributed by atoms with Gasteiger partial charge in [-0.05, 0) is 12.1 Å². The van der Waals surface area contributed by atoms with Crippen molar-refractivity contribution in [1.82, 2.24) is 0 Å². The lowest BCUT2D eigenvalue weighted by Crippen LogP contribution is -2.12. The van der Waals surface area contributed by atoms with Crippen molar-refractivity contribution in [2.45, 2.75) is 0 Å². The second-order valence-electron chi connectivity index (χ2n) is 3.58. The molecule has 2 aromatic carbocycles. The van der Waals surface area contributed by atoms with Crippen LogP contribution in [0.4, 0.5) is 10.1 Å². The second-order valence-corrected chi connectivity index (χ2v) is 4.40. The maximum Gasteiger partial charge on any atom is 0.131 e. The third-order valence-electron chi connectivity index (χ3n) is 2.28. The Labute approximate surface area is 114 Å². The van der Waals surface area contributed by atoms with E-state index in [9.17, 15) is 4.39 Å². The average molecular weight is 283 g/mol. The Morgan fingerprint density at radius 2 is 1.61 bits per heavy atom. The van der Waals surface area contributed by atoms with Crippen molar-refractivity contribution in [2.75, 3.05) is 0 Å². The number of aliphatic imine (C=N–C) groups is 1. The molecule has 2 N–H and O–H groups in total. The summed E-state index contributed by atoms with van der Waals surface area (Å²) in [6.45, 7) is 0. The Kier molecular flexibility index (Phi) is 3.84. The molecule has 0 heterocycles. The Morgan fingerprint density at radius 1 is 1.06 bits per heavy atom. The van der Waals surface area contributed by atoms with E-state index in [1.54, 1.807) is 0 Å². The molecule has 0 amide bonds. The Morgan fingerprint density at radius 3 is 2.17 bits per heavy atom. The van der Waals surface area contributed by atoms with E-state index in [1.807, 2.05) is 30.3 Å². The van der Waals surface area contributed by atoms with Gasteiger partial charge in [-0.15, -0.1) is 0 Å². The fourth-order valence-electron chi connectivity index (χ4n) is 1.44. The summed E-state index contributed by atoms with van der Waals surface area (Å²) in [7, 11) is 0. The zero-order chi connectivity index (χ0) is 13.1. The van der Waals surface area contributed by atoms with Gasteiger partial charge in [0.25, 0.3) is 0 Å². The Hall–Kier alpha value is -1.58. The van der Waals surface area contributed by atoms with E-state index in [-0.39, 0.29) is 21.6 Å². The number of hydrogen-bond acceptors (Lipinski definition) is 1. The topological polar surface area (TPSA) is 38.4 Å². The van der Waals surface area contributed by atoms with E-state index >= 15 is 0 Å². The lowest BCUT2D eigenvalue weighted by atomic mass is 10.2. The maximum absolute atomic E-state index is 13.0. The van der Waals surface area contributed by atoms with E-state index in [1.165, 1.54) is 0 Å². The van der Waals surface area contributed by atoms with Gasteiger partial charge in [0.1, 0.15) is 17.3 Å². The van der Waals surface area contributed by atoms with Crippen LogP contribution >= 0.6 is 23.2 Å². The molecule has 0 spiro atoms. The zero-order valence-corrected chi connectivity index (χ0v) is 10.7. The number of benzene rings is 2. The lowest BCUT2D eigenvalue weighted by molar-refractivity contribution is 0.628. The first kappa shape index (κ1) is 12.9. The van der Waals surface area contributed by atoms with Gasteiger partial charge in [0.15, 0.2) is 0 Å². The fourth-order valence-corrected chi connectivity index (χ4v) is 1.98. The van der Waals surface area contributed by atoms with Crippen molar-refractivity contribution < 1.29 is 4.39 Å². The van der Waals surface area contributed by atoms with Crippen LogP contribution in [-0.4, -0.2) is 5.84 Å². The van der Waals surface area contributed by atoms with Gasteiger partial charge in [-0.2, -0.15) is 0 Å². The smallest absolute Gasteiger partial charge is 0.131 e. The Balaban J connectivity index is 2.45. The standard InChI is InChI=1S/C13H9Cl2FN2/c14-10-6-9(16)7-11(15)12(10)18-13(17)8-4-2-1-3-5-8/h1-7H,(H2,17,18). The first-order chi connectivity index (χ1) is 8.58. The van der Waals surface area contributed by atoms with Gasteiger partial charge in [0.2, 0.25) is 0 Å². The number of halogens is 3. The molecule has 5 heteroatoms. The molecule has 0 aliphatic rings. The molecule has 2 nitrogen and oxygen atoms in total. The van der Waals surface area contributed by atoms with Crippen molar-refractivity contribution in [2.24, 2.45) is 10.7 Å². The Bertz CT molecular complexity index is 574. The summed E-state index contributed by atoms with van der Waals surface area (Å²) in [6.07, 6.45) is 0. The van der Waals surface area contributed by atoms with E-state index in [0.717, 1.165) is 17.7 Å². The first-order valence-electron chi connectivity index (χ1n) is 5.12. The maximum atomic E-state index is 13.0. The summed E-state index contributed by atoms with van der Waals surface area (Å²) in [5.41, 5.74) is 6.85. The molecule has 0 bridgehead atoms. The van der Waals surface area contributed by atoms with E-state index < -0.39 is 5.82 Å². The van der Waals surface area contributed by atoms with Gasteiger partial charge in [-0.25, -0.2) is 9.38 Å². The summed E-state index contributed by atoms with van der Waals surface area (Å²) in [5, 5.41) is 0.248. The molecule has 0 atom stereocenters. The first-order valence-corrected chi connectivity index (χ1v) is 5.87. The molecular weight excluding hydrogens is 274 g/mol. The monoisotopic (exact) mass is 282 g/mol. The largest absolute Gasteiger partial charge is 0.383 e. The van der Waals surface area contributed by atoms with Crippen molar-refractivity contribution in [3.05, 3.63) is 63.9 Å². The normalized spacial score (nSPS) is 11.6. The van der Waals surface area contributed by atoms with Crippen LogP contribution < -0.4 is 5.73 Å². The van der Waals surface area contributed by atoms with Crippen molar-refractivity contribution in [3.63, 3.8) is 0 Å². The number of rotatable bonds is 2. The molecule has 0 aliphatic carbocycles. The molecule has 18 heavy (non-hydrogen) atoms. The van der Waals surface area contributed by atoms with Gasteiger partial charge in [0.05, 0.1) is 10.0 Å². The number of nitrogens with two attached hydrogens (primary N) is 1. The van der Waals surface area contributed by atoms with Crippen LogP contribution in [0.3, 0.4) is 0 Å². The molecule has 0 saturated heterocycles. The van der Waals surface area contributed by atoms with Crippen LogP contribution in [0.5, 0.6) is 0 Å². The van der Waals surface area contributed by atoms with Crippen LogP contribution in [-0.2, 0) is 0 Å². The van der Waals surface area contributed by atoms with E-state index in [2.05, 4.69) is 4.99 Å². The van der Waals surface area contributed by atoms with Crippen LogP contribution in [0, 0.1) is 5.82 Å². The molecule has 2 rings (SSSR count). The summed E-state index contributed by atoms with van der Waals surface area (Å²) >= 11 is 11.8. The number of nitrogens with zero attached hydrogens (tertiary/aromatic N) is 1. The minimum Gasteiger partial charge on any atom is -0.383 e. The summed E-state index contributed by atoms with van der Waals surface area (Å²) < 4.78 is 13.0. The van der Waals surface area contributed by atoms with E-state index in [0.29, 0.717) is 0 Å².